The standard InChI is InChI=1S/C22H24N6O/c1-17-6-11-24-21(25-17)19-2-4-20(5-3-19)26-22(29)28-14-12-27(13-15-28)16-18-7-9-23-10-8-18/h2-11H,12-16H2,1H3,(H,26,29). The number of anilines is 1. The van der Waals surface area contributed by atoms with Crippen LogP contribution in [0.5, 0.6) is 0 Å². The lowest BCUT2D eigenvalue weighted by molar-refractivity contribution is 0.143. The van der Waals surface area contributed by atoms with Gasteiger partial charge in [-0.1, -0.05) is 0 Å². The van der Waals surface area contributed by atoms with Gasteiger partial charge < -0.3 is 10.2 Å². The van der Waals surface area contributed by atoms with Gasteiger partial charge in [0.05, 0.1) is 0 Å². The summed E-state index contributed by atoms with van der Waals surface area (Å²) >= 11 is 0. The van der Waals surface area contributed by atoms with Crippen molar-refractivity contribution in [2.24, 2.45) is 0 Å². The van der Waals surface area contributed by atoms with Crippen LogP contribution in [0.2, 0.25) is 0 Å². The van der Waals surface area contributed by atoms with E-state index in [1.54, 1.807) is 6.20 Å². The van der Waals surface area contributed by atoms with Crippen LogP contribution in [-0.4, -0.2) is 57.0 Å². The number of pyridine rings is 1. The highest BCUT2D eigenvalue weighted by molar-refractivity contribution is 5.89. The second-order valence-corrected chi connectivity index (χ2v) is 7.15. The predicted octanol–water partition coefficient (Wildman–Crippen LogP) is 3.20. The maximum atomic E-state index is 12.6. The van der Waals surface area contributed by atoms with Crippen molar-refractivity contribution in [3.63, 3.8) is 0 Å². The molecule has 148 valence electrons. The summed E-state index contributed by atoms with van der Waals surface area (Å²) in [6, 6.07) is 13.5. The quantitative estimate of drug-likeness (QED) is 0.743. The molecule has 3 aromatic rings. The van der Waals surface area contributed by atoms with Crippen LogP contribution in [0.15, 0.2) is 61.1 Å². The monoisotopic (exact) mass is 388 g/mol. The minimum atomic E-state index is -0.0619. The van der Waals surface area contributed by atoms with Crippen LogP contribution in [0.4, 0.5) is 10.5 Å². The second-order valence-electron chi connectivity index (χ2n) is 7.15. The molecule has 0 spiro atoms. The topological polar surface area (TPSA) is 74.2 Å². The lowest BCUT2D eigenvalue weighted by atomic mass is 10.2. The van der Waals surface area contributed by atoms with E-state index in [2.05, 4.69) is 25.2 Å². The maximum absolute atomic E-state index is 12.6. The SMILES string of the molecule is Cc1ccnc(-c2ccc(NC(=O)N3CCN(Cc4ccncc4)CC3)cc2)n1. The zero-order chi connectivity index (χ0) is 20.1. The van der Waals surface area contributed by atoms with E-state index in [1.165, 1.54) is 5.56 Å². The number of aromatic nitrogens is 3. The van der Waals surface area contributed by atoms with E-state index >= 15 is 0 Å². The molecule has 1 fully saturated rings. The lowest BCUT2D eigenvalue weighted by Crippen LogP contribution is -2.49. The molecule has 29 heavy (non-hydrogen) atoms. The van der Waals surface area contributed by atoms with Gasteiger partial charge in [0, 0.05) is 68.3 Å². The first-order valence-electron chi connectivity index (χ1n) is 9.75. The number of hydrogen-bond acceptors (Lipinski definition) is 5. The summed E-state index contributed by atoms with van der Waals surface area (Å²) < 4.78 is 0. The molecule has 1 N–H and O–H groups in total. The van der Waals surface area contributed by atoms with Crippen molar-refractivity contribution in [3.8, 4) is 11.4 Å². The normalized spacial score (nSPS) is 14.6. The van der Waals surface area contributed by atoms with Crippen molar-refractivity contribution in [3.05, 3.63) is 72.3 Å². The fraction of sp³-hybridized carbons (Fsp3) is 0.273. The molecule has 0 bridgehead atoms. The molecular formula is C22H24N6O. The van der Waals surface area contributed by atoms with Crippen LogP contribution in [-0.2, 0) is 6.54 Å². The van der Waals surface area contributed by atoms with Crippen molar-refractivity contribution < 1.29 is 4.79 Å². The Kier molecular flexibility index (Phi) is 5.76. The number of carbonyl (C=O) groups is 1. The summed E-state index contributed by atoms with van der Waals surface area (Å²) in [6.45, 7) is 5.98. The van der Waals surface area contributed by atoms with Gasteiger partial charge >= 0.3 is 6.03 Å². The first-order chi connectivity index (χ1) is 14.2. The summed E-state index contributed by atoms with van der Waals surface area (Å²) in [7, 11) is 0. The van der Waals surface area contributed by atoms with E-state index in [1.807, 2.05) is 66.7 Å². The Bertz CT molecular complexity index is 953. The number of nitrogens with one attached hydrogen (secondary N) is 1. The zero-order valence-corrected chi connectivity index (χ0v) is 16.5. The molecule has 1 saturated heterocycles. The van der Waals surface area contributed by atoms with Gasteiger partial charge in [-0.2, -0.15) is 0 Å². The third-order valence-electron chi connectivity index (χ3n) is 5.00. The summed E-state index contributed by atoms with van der Waals surface area (Å²) in [5.74, 6) is 0.688. The molecule has 1 aliphatic rings. The number of aryl methyl sites for hydroxylation is 1. The van der Waals surface area contributed by atoms with Crippen LogP contribution in [0.1, 0.15) is 11.3 Å². The van der Waals surface area contributed by atoms with Gasteiger partial charge in [0.25, 0.3) is 0 Å². The highest BCUT2D eigenvalue weighted by Crippen LogP contribution is 2.18. The molecule has 1 aromatic carbocycles. The summed E-state index contributed by atoms with van der Waals surface area (Å²) in [5, 5.41) is 2.99. The molecule has 0 saturated carbocycles. The van der Waals surface area contributed by atoms with Crippen LogP contribution >= 0.6 is 0 Å². The first-order valence-corrected chi connectivity index (χ1v) is 9.75. The number of nitrogens with zero attached hydrogens (tertiary/aromatic N) is 5. The molecule has 2 amide bonds. The van der Waals surface area contributed by atoms with Crippen LogP contribution in [0, 0.1) is 6.92 Å². The van der Waals surface area contributed by atoms with Crippen LogP contribution in [0.3, 0.4) is 0 Å². The Hall–Kier alpha value is -3.32. The molecule has 7 heteroatoms. The third-order valence-corrected chi connectivity index (χ3v) is 5.00. The smallest absolute Gasteiger partial charge is 0.321 e. The highest BCUT2D eigenvalue weighted by Gasteiger charge is 2.21. The van der Waals surface area contributed by atoms with Gasteiger partial charge in [-0.15, -0.1) is 0 Å². The Morgan fingerprint density at radius 3 is 2.38 bits per heavy atom. The highest BCUT2D eigenvalue weighted by atomic mass is 16.2. The van der Waals surface area contributed by atoms with Gasteiger partial charge in [-0.25, -0.2) is 14.8 Å². The van der Waals surface area contributed by atoms with E-state index in [0.29, 0.717) is 18.9 Å². The summed E-state index contributed by atoms with van der Waals surface area (Å²) in [4.78, 5) is 29.6. The van der Waals surface area contributed by atoms with Gasteiger partial charge in [-0.3, -0.25) is 9.88 Å². The minimum absolute atomic E-state index is 0.0619. The second kappa shape index (κ2) is 8.79. The first kappa shape index (κ1) is 19.0. The number of rotatable bonds is 4. The van der Waals surface area contributed by atoms with Crippen molar-refractivity contribution in [1.29, 1.82) is 0 Å². The number of piperazine rings is 1. The third kappa shape index (κ3) is 4.94. The molecule has 2 aromatic heterocycles. The molecule has 1 aliphatic heterocycles. The molecule has 7 nitrogen and oxygen atoms in total. The number of amides is 2. The van der Waals surface area contributed by atoms with E-state index in [9.17, 15) is 4.79 Å². The molecule has 4 rings (SSSR count). The molecule has 0 aliphatic carbocycles. The number of benzene rings is 1. The molecule has 3 heterocycles. The molecule has 0 atom stereocenters. The minimum Gasteiger partial charge on any atom is -0.322 e. The fourth-order valence-electron chi connectivity index (χ4n) is 3.35. The average molecular weight is 388 g/mol. The van der Waals surface area contributed by atoms with Crippen molar-refractivity contribution in [2.45, 2.75) is 13.5 Å². The molecule has 0 radical (unpaired) electrons. The average Bonchev–Trinajstić information content (AvgIpc) is 2.75. The van der Waals surface area contributed by atoms with Crippen LogP contribution < -0.4 is 5.32 Å². The number of urea groups is 1. The van der Waals surface area contributed by atoms with Crippen LogP contribution in [0.25, 0.3) is 11.4 Å². The Labute approximate surface area is 170 Å². The van der Waals surface area contributed by atoms with E-state index in [4.69, 9.17) is 0 Å². The van der Waals surface area contributed by atoms with E-state index < -0.39 is 0 Å². The molecule has 0 unspecified atom stereocenters. The van der Waals surface area contributed by atoms with Gasteiger partial charge in [0.2, 0.25) is 0 Å². The molecular weight excluding hydrogens is 364 g/mol. The van der Waals surface area contributed by atoms with E-state index in [-0.39, 0.29) is 6.03 Å². The van der Waals surface area contributed by atoms with E-state index in [0.717, 1.165) is 36.6 Å². The summed E-state index contributed by atoms with van der Waals surface area (Å²) in [5.41, 5.74) is 3.87. The Morgan fingerprint density at radius 2 is 1.69 bits per heavy atom. The van der Waals surface area contributed by atoms with Crippen molar-refractivity contribution in [2.75, 3.05) is 31.5 Å². The predicted molar refractivity (Wildman–Crippen MR) is 112 cm³/mol. The maximum Gasteiger partial charge on any atom is 0.321 e. The van der Waals surface area contributed by atoms with Gasteiger partial charge in [-0.05, 0) is 55.0 Å². The largest absolute Gasteiger partial charge is 0.322 e. The number of hydrogen-bond donors (Lipinski definition) is 1. The van der Waals surface area contributed by atoms with Crippen molar-refractivity contribution >= 4 is 11.7 Å². The van der Waals surface area contributed by atoms with Gasteiger partial charge in [0.15, 0.2) is 5.82 Å². The fourth-order valence-corrected chi connectivity index (χ4v) is 3.35. The summed E-state index contributed by atoms with van der Waals surface area (Å²) in [6.07, 6.45) is 5.38. The Balaban J connectivity index is 1.29. The van der Waals surface area contributed by atoms with Crippen molar-refractivity contribution in [1.82, 2.24) is 24.8 Å². The van der Waals surface area contributed by atoms with Gasteiger partial charge in [0.1, 0.15) is 0 Å². The zero-order valence-electron chi connectivity index (χ0n) is 16.5. The lowest BCUT2D eigenvalue weighted by Gasteiger charge is -2.34. The number of carbonyl (C=O) groups excluding carboxylic acids is 1. The Morgan fingerprint density at radius 1 is 0.966 bits per heavy atom.